The Morgan fingerprint density at radius 3 is 1.60 bits per heavy atom. The molecule has 0 heterocycles. The highest BCUT2D eigenvalue weighted by Crippen LogP contribution is 2.40. The van der Waals surface area contributed by atoms with Gasteiger partial charge in [-0.05, 0) is 35.4 Å². The summed E-state index contributed by atoms with van der Waals surface area (Å²) in [4.78, 5) is 0. The zero-order valence-corrected chi connectivity index (χ0v) is 17.4. The maximum absolute atomic E-state index is 9.48. The van der Waals surface area contributed by atoms with E-state index in [4.69, 9.17) is 4.74 Å². The van der Waals surface area contributed by atoms with Crippen LogP contribution in [0.5, 0.6) is 0 Å². The van der Waals surface area contributed by atoms with Crippen LogP contribution in [0.15, 0.2) is 116 Å². The molecule has 30 heavy (non-hydrogen) atoms. The van der Waals surface area contributed by atoms with Crippen LogP contribution in [0.4, 0.5) is 0 Å². The van der Waals surface area contributed by atoms with Gasteiger partial charge in [-0.1, -0.05) is 109 Å². The van der Waals surface area contributed by atoms with Crippen LogP contribution < -0.4 is 0 Å². The summed E-state index contributed by atoms with van der Waals surface area (Å²) in [6.45, 7) is 4.40. The normalized spacial score (nSPS) is 12.7. The van der Waals surface area contributed by atoms with Gasteiger partial charge in [0, 0.05) is 6.61 Å². The van der Waals surface area contributed by atoms with Crippen LogP contribution in [0.3, 0.4) is 0 Å². The molecule has 3 aromatic carbocycles. The zero-order chi connectivity index (χ0) is 21.1. The van der Waals surface area contributed by atoms with Gasteiger partial charge >= 0.3 is 0 Å². The van der Waals surface area contributed by atoms with Crippen molar-refractivity contribution in [1.29, 1.82) is 0 Å². The quantitative estimate of drug-likeness (QED) is 0.311. The minimum Gasteiger partial charge on any atom is -0.396 e. The molecule has 0 aliphatic rings. The summed E-state index contributed by atoms with van der Waals surface area (Å²) in [6.07, 6.45) is 7.62. The van der Waals surface area contributed by atoms with E-state index in [9.17, 15) is 5.11 Å². The lowest BCUT2D eigenvalue weighted by molar-refractivity contribution is 0.0318. The van der Waals surface area contributed by atoms with Crippen LogP contribution in [-0.2, 0) is 10.3 Å². The maximum atomic E-state index is 9.48. The van der Waals surface area contributed by atoms with Gasteiger partial charge in [-0.3, -0.25) is 0 Å². The van der Waals surface area contributed by atoms with Crippen molar-refractivity contribution < 1.29 is 9.84 Å². The molecule has 3 aromatic rings. The summed E-state index contributed by atoms with van der Waals surface area (Å²) in [6, 6.07) is 31.1. The second-order valence-electron chi connectivity index (χ2n) is 7.37. The van der Waals surface area contributed by atoms with E-state index in [1.54, 1.807) is 0 Å². The van der Waals surface area contributed by atoms with E-state index >= 15 is 0 Å². The second-order valence-corrected chi connectivity index (χ2v) is 7.37. The summed E-state index contributed by atoms with van der Waals surface area (Å²) in [7, 11) is 0. The summed E-state index contributed by atoms with van der Waals surface area (Å²) in [5, 5.41) is 9.48. The first-order valence-electron chi connectivity index (χ1n) is 10.5. The van der Waals surface area contributed by atoms with Crippen molar-refractivity contribution in [1.82, 2.24) is 0 Å². The van der Waals surface area contributed by atoms with Gasteiger partial charge < -0.3 is 9.84 Å². The molecule has 154 valence electrons. The van der Waals surface area contributed by atoms with Crippen molar-refractivity contribution in [2.24, 2.45) is 5.92 Å². The van der Waals surface area contributed by atoms with Gasteiger partial charge in [0.1, 0.15) is 5.60 Å². The van der Waals surface area contributed by atoms with Gasteiger partial charge in [0.05, 0.1) is 6.61 Å². The third kappa shape index (κ3) is 5.15. The van der Waals surface area contributed by atoms with Crippen LogP contribution >= 0.6 is 0 Å². The van der Waals surface area contributed by atoms with Gasteiger partial charge in [-0.2, -0.15) is 0 Å². The Labute approximate surface area is 180 Å². The molecule has 0 aromatic heterocycles. The van der Waals surface area contributed by atoms with Crippen LogP contribution in [0.1, 0.15) is 29.5 Å². The second kappa shape index (κ2) is 11.3. The summed E-state index contributed by atoms with van der Waals surface area (Å²) >= 11 is 0. The Morgan fingerprint density at radius 2 is 1.20 bits per heavy atom. The topological polar surface area (TPSA) is 29.5 Å². The first-order chi connectivity index (χ1) is 14.8. The number of hydrogen-bond acceptors (Lipinski definition) is 2. The average Bonchev–Trinajstić information content (AvgIpc) is 2.82. The van der Waals surface area contributed by atoms with E-state index in [1.807, 2.05) is 24.3 Å². The smallest absolute Gasteiger partial charge is 0.144 e. The summed E-state index contributed by atoms with van der Waals surface area (Å²) in [5.74, 6) is 0.209. The third-order valence-electron chi connectivity index (χ3n) is 5.33. The molecule has 0 fully saturated rings. The van der Waals surface area contributed by atoms with E-state index in [1.165, 1.54) is 0 Å². The van der Waals surface area contributed by atoms with Crippen LogP contribution in [0.25, 0.3) is 0 Å². The van der Waals surface area contributed by atoms with Crippen molar-refractivity contribution >= 4 is 0 Å². The fourth-order valence-corrected chi connectivity index (χ4v) is 3.78. The van der Waals surface area contributed by atoms with Crippen molar-refractivity contribution in [3.05, 3.63) is 132 Å². The first kappa shape index (κ1) is 21.8. The average molecular weight is 399 g/mol. The van der Waals surface area contributed by atoms with Crippen molar-refractivity contribution in [2.45, 2.75) is 18.4 Å². The molecule has 0 amide bonds. The fourth-order valence-electron chi connectivity index (χ4n) is 3.78. The maximum Gasteiger partial charge on any atom is 0.144 e. The number of hydrogen-bond donors (Lipinski definition) is 1. The van der Waals surface area contributed by atoms with E-state index in [0.717, 1.165) is 29.5 Å². The number of aliphatic hydroxyl groups is 1. The van der Waals surface area contributed by atoms with Gasteiger partial charge in [0.15, 0.2) is 0 Å². The molecule has 0 radical (unpaired) electrons. The van der Waals surface area contributed by atoms with Gasteiger partial charge in [0.2, 0.25) is 0 Å². The predicted octanol–water partition coefficient (Wildman–Crippen LogP) is 6.13. The van der Waals surface area contributed by atoms with E-state index in [0.29, 0.717) is 6.61 Å². The molecule has 0 saturated heterocycles. The fraction of sp³-hybridized carbons (Fsp3) is 0.214. The van der Waals surface area contributed by atoms with Crippen molar-refractivity contribution in [2.75, 3.05) is 13.2 Å². The number of benzene rings is 3. The number of allylic oxidation sites excluding steroid dienone is 2. The van der Waals surface area contributed by atoms with E-state index in [-0.39, 0.29) is 12.5 Å². The van der Waals surface area contributed by atoms with Gasteiger partial charge in [-0.25, -0.2) is 0 Å². The molecule has 0 bridgehead atoms. The molecule has 1 N–H and O–H groups in total. The molecule has 0 aliphatic carbocycles. The molecule has 2 nitrogen and oxygen atoms in total. The lowest BCUT2D eigenvalue weighted by Crippen LogP contribution is -2.33. The lowest BCUT2D eigenvalue weighted by atomic mass is 9.80. The molecular formula is C28H30O2. The standard InChI is InChI=1S/C28H30O2/c1-2-14-24(23-29)15-12-13-22-30-28(25-16-6-3-7-17-25,26-18-8-4-9-19-26)27-20-10-5-11-21-27/h2-13,16-21,24,29H,1,14-15,22-23H2/b13-12-. The monoisotopic (exact) mass is 398 g/mol. The SMILES string of the molecule is C=CCC(CO)C/C=C\COC(c1ccccc1)(c1ccccc1)c1ccccc1. The predicted molar refractivity (Wildman–Crippen MR) is 124 cm³/mol. The highest BCUT2D eigenvalue weighted by molar-refractivity contribution is 5.47. The minimum atomic E-state index is -0.703. The number of aliphatic hydroxyl groups excluding tert-OH is 1. The van der Waals surface area contributed by atoms with Crippen LogP contribution in [-0.4, -0.2) is 18.3 Å². The molecule has 1 atom stereocenters. The Hall–Kier alpha value is -2.94. The van der Waals surface area contributed by atoms with Gasteiger partial charge in [0.25, 0.3) is 0 Å². The molecule has 0 aliphatic heterocycles. The zero-order valence-electron chi connectivity index (χ0n) is 17.4. The van der Waals surface area contributed by atoms with Crippen molar-refractivity contribution in [3.8, 4) is 0 Å². The number of rotatable bonds is 11. The Bertz CT molecular complexity index is 804. The minimum absolute atomic E-state index is 0.166. The van der Waals surface area contributed by atoms with Gasteiger partial charge in [-0.15, -0.1) is 6.58 Å². The highest BCUT2D eigenvalue weighted by atomic mass is 16.5. The molecule has 2 heteroatoms. The largest absolute Gasteiger partial charge is 0.396 e. The van der Waals surface area contributed by atoms with Crippen LogP contribution in [0.2, 0.25) is 0 Å². The summed E-state index contributed by atoms with van der Waals surface area (Å²) < 4.78 is 6.69. The third-order valence-corrected chi connectivity index (χ3v) is 5.33. The molecule has 0 saturated carbocycles. The molecule has 0 spiro atoms. The molecule has 3 rings (SSSR count). The Balaban J connectivity index is 1.94. The van der Waals surface area contributed by atoms with E-state index in [2.05, 4.69) is 91.5 Å². The van der Waals surface area contributed by atoms with E-state index < -0.39 is 5.60 Å². The summed E-state index contributed by atoms with van der Waals surface area (Å²) in [5.41, 5.74) is 2.58. The Morgan fingerprint density at radius 1 is 0.733 bits per heavy atom. The lowest BCUT2D eigenvalue weighted by Gasteiger charge is -2.35. The number of ether oxygens (including phenoxy) is 1. The molecule has 1 unspecified atom stereocenters. The Kier molecular flexibility index (Phi) is 8.20. The highest BCUT2D eigenvalue weighted by Gasteiger charge is 2.37. The first-order valence-corrected chi connectivity index (χ1v) is 10.5. The van der Waals surface area contributed by atoms with Crippen molar-refractivity contribution in [3.63, 3.8) is 0 Å². The van der Waals surface area contributed by atoms with Crippen LogP contribution in [0, 0.1) is 5.92 Å². The molecular weight excluding hydrogens is 368 g/mol.